The van der Waals surface area contributed by atoms with Crippen molar-refractivity contribution in [3.63, 3.8) is 0 Å². The highest BCUT2D eigenvalue weighted by atomic mass is 16.4. The summed E-state index contributed by atoms with van der Waals surface area (Å²) in [5, 5.41) is 21.5. The molecule has 0 saturated carbocycles. The molecular formula is C16H17NO3. The lowest BCUT2D eigenvalue weighted by atomic mass is 10.1. The highest BCUT2D eigenvalue weighted by Gasteiger charge is 2.06. The van der Waals surface area contributed by atoms with Crippen LogP contribution in [-0.4, -0.2) is 22.2 Å². The van der Waals surface area contributed by atoms with Crippen molar-refractivity contribution in [2.45, 2.75) is 19.4 Å². The molecule has 4 heteroatoms. The van der Waals surface area contributed by atoms with Gasteiger partial charge in [-0.05, 0) is 49.2 Å². The number of phenolic OH excluding ortho intramolecular Hbond substituents is 1. The third-order valence-corrected chi connectivity index (χ3v) is 3.00. The van der Waals surface area contributed by atoms with E-state index in [-0.39, 0.29) is 17.4 Å². The Morgan fingerprint density at radius 2 is 1.90 bits per heavy atom. The zero-order valence-electron chi connectivity index (χ0n) is 11.2. The van der Waals surface area contributed by atoms with Crippen LogP contribution in [0.5, 0.6) is 5.75 Å². The largest absolute Gasteiger partial charge is 0.508 e. The summed E-state index contributed by atoms with van der Waals surface area (Å²) >= 11 is 0. The molecule has 104 valence electrons. The highest BCUT2D eigenvalue weighted by Crippen LogP contribution is 2.15. The van der Waals surface area contributed by atoms with Gasteiger partial charge in [-0.1, -0.05) is 18.2 Å². The second-order valence-corrected chi connectivity index (χ2v) is 4.80. The molecule has 0 aliphatic rings. The number of carboxylic acids is 1. The summed E-state index contributed by atoms with van der Waals surface area (Å²) < 4.78 is 0. The Balaban J connectivity index is 2.00. The minimum Gasteiger partial charge on any atom is -0.508 e. The molecule has 0 fully saturated rings. The van der Waals surface area contributed by atoms with Crippen molar-refractivity contribution in [1.82, 2.24) is 0 Å². The van der Waals surface area contributed by atoms with E-state index in [0.717, 1.165) is 17.7 Å². The summed E-state index contributed by atoms with van der Waals surface area (Å²) in [4.78, 5) is 10.9. The van der Waals surface area contributed by atoms with E-state index >= 15 is 0 Å². The minimum absolute atomic E-state index is 0.156. The lowest BCUT2D eigenvalue weighted by Crippen LogP contribution is -2.18. The van der Waals surface area contributed by atoms with Gasteiger partial charge in [0.2, 0.25) is 0 Å². The molecule has 2 rings (SSSR count). The molecule has 0 aromatic heterocycles. The first-order chi connectivity index (χ1) is 9.54. The Morgan fingerprint density at radius 3 is 2.55 bits per heavy atom. The number of aromatic hydroxyl groups is 1. The molecule has 2 aromatic carbocycles. The van der Waals surface area contributed by atoms with Gasteiger partial charge in [-0.2, -0.15) is 0 Å². The van der Waals surface area contributed by atoms with Gasteiger partial charge in [0.15, 0.2) is 0 Å². The lowest BCUT2D eigenvalue weighted by molar-refractivity contribution is 0.0697. The molecule has 0 radical (unpaired) electrons. The van der Waals surface area contributed by atoms with E-state index in [0.29, 0.717) is 0 Å². The number of hydrogen-bond donors (Lipinski definition) is 3. The van der Waals surface area contributed by atoms with Gasteiger partial charge in [-0.15, -0.1) is 0 Å². The van der Waals surface area contributed by atoms with Crippen LogP contribution in [0.2, 0.25) is 0 Å². The van der Waals surface area contributed by atoms with Crippen LogP contribution >= 0.6 is 0 Å². The number of nitrogens with one attached hydrogen (secondary N) is 1. The molecule has 1 unspecified atom stereocenters. The zero-order chi connectivity index (χ0) is 14.5. The number of carbonyl (C=O) groups is 1. The molecule has 0 amide bonds. The van der Waals surface area contributed by atoms with Gasteiger partial charge in [-0.25, -0.2) is 4.79 Å². The summed E-state index contributed by atoms with van der Waals surface area (Å²) in [5.74, 6) is -0.677. The van der Waals surface area contributed by atoms with Gasteiger partial charge in [0.05, 0.1) is 5.56 Å². The van der Waals surface area contributed by atoms with Crippen LogP contribution in [0.1, 0.15) is 22.8 Å². The van der Waals surface area contributed by atoms with Gasteiger partial charge in [-0.3, -0.25) is 0 Å². The molecule has 3 N–H and O–H groups in total. The Morgan fingerprint density at radius 1 is 1.20 bits per heavy atom. The van der Waals surface area contributed by atoms with Crippen molar-refractivity contribution in [2.24, 2.45) is 0 Å². The normalized spacial score (nSPS) is 11.8. The summed E-state index contributed by atoms with van der Waals surface area (Å²) in [6.45, 7) is 2.03. The molecule has 0 heterocycles. The minimum atomic E-state index is -0.931. The Bertz CT molecular complexity index is 593. The second kappa shape index (κ2) is 6.10. The van der Waals surface area contributed by atoms with Crippen LogP contribution in [-0.2, 0) is 6.42 Å². The standard InChI is InChI=1S/C16H17NO3/c1-11(9-12-5-7-15(18)8-6-12)17-14-4-2-3-13(10-14)16(19)20/h2-8,10-11,17-18H,9H2,1H3,(H,19,20). The zero-order valence-corrected chi connectivity index (χ0v) is 11.2. The number of carboxylic acid groups (broad SMARTS) is 1. The number of rotatable bonds is 5. The second-order valence-electron chi connectivity index (χ2n) is 4.80. The van der Waals surface area contributed by atoms with Gasteiger partial charge in [0.25, 0.3) is 0 Å². The predicted octanol–water partition coefficient (Wildman–Crippen LogP) is 3.13. The maximum Gasteiger partial charge on any atom is 0.335 e. The monoisotopic (exact) mass is 271 g/mol. The first-order valence-electron chi connectivity index (χ1n) is 6.42. The SMILES string of the molecule is CC(Cc1ccc(O)cc1)Nc1cccc(C(=O)O)c1. The van der Waals surface area contributed by atoms with Crippen LogP contribution in [0.15, 0.2) is 48.5 Å². The quantitative estimate of drug-likeness (QED) is 0.781. The van der Waals surface area contributed by atoms with E-state index in [1.165, 1.54) is 0 Å². The fraction of sp³-hybridized carbons (Fsp3) is 0.188. The van der Waals surface area contributed by atoms with Crippen molar-refractivity contribution in [3.8, 4) is 5.75 Å². The van der Waals surface area contributed by atoms with E-state index in [1.807, 2.05) is 25.1 Å². The average Bonchev–Trinajstić information content (AvgIpc) is 2.41. The molecule has 1 atom stereocenters. The van der Waals surface area contributed by atoms with Gasteiger partial charge in [0.1, 0.15) is 5.75 Å². The van der Waals surface area contributed by atoms with Crippen molar-refractivity contribution in [3.05, 3.63) is 59.7 Å². The Labute approximate surface area is 117 Å². The van der Waals surface area contributed by atoms with E-state index in [2.05, 4.69) is 5.32 Å². The molecule has 4 nitrogen and oxygen atoms in total. The predicted molar refractivity (Wildman–Crippen MR) is 78.3 cm³/mol. The molecule has 20 heavy (non-hydrogen) atoms. The summed E-state index contributed by atoms with van der Waals surface area (Å²) in [5.41, 5.74) is 2.17. The van der Waals surface area contributed by atoms with Crippen molar-refractivity contribution in [1.29, 1.82) is 0 Å². The number of hydrogen-bond acceptors (Lipinski definition) is 3. The van der Waals surface area contributed by atoms with Crippen molar-refractivity contribution >= 4 is 11.7 Å². The third kappa shape index (κ3) is 3.75. The Hall–Kier alpha value is -2.49. The smallest absolute Gasteiger partial charge is 0.335 e. The topological polar surface area (TPSA) is 69.6 Å². The average molecular weight is 271 g/mol. The number of phenols is 1. The molecule has 0 saturated heterocycles. The van der Waals surface area contributed by atoms with Gasteiger partial charge < -0.3 is 15.5 Å². The van der Waals surface area contributed by atoms with E-state index < -0.39 is 5.97 Å². The number of anilines is 1. The maximum absolute atomic E-state index is 10.9. The Kier molecular flexibility index (Phi) is 4.25. The van der Waals surface area contributed by atoms with E-state index in [1.54, 1.807) is 30.3 Å². The summed E-state index contributed by atoms with van der Waals surface area (Å²) in [6.07, 6.45) is 0.789. The fourth-order valence-electron chi connectivity index (χ4n) is 2.06. The van der Waals surface area contributed by atoms with Crippen LogP contribution in [0.3, 0.4) is 0 Å². The molecule has 2 aromatic rings. The molecular weight excluding hydrogens is 254 g/mol. The van der Waals surface area contributed by atoms with Crippen LogP contribution in [0.4, 0.5) is 5.69 Å². The van der Waals surface area contributed by atoms with Crippen molar-refractivity contribution in [2.75, 3.05) is 5.32 Å². The summed E-state index contributed by atoms with van der Waals surface area (Å²) in [6, 6.07) is 14.0. The van der Waals surface area contributed by atoms with Crippen LogP contribution < -0.4 is 5.32 Å². The van der Waals surface area contributed by atoms with Gasteiger partial charge >= 0.3 is 5.97 Å². The number of benzene rings is 2. The number of aromatic carboxylic acids is 1. The van der Waals surface area contributed by atoms with Crippen LogP contribution in [0.25, 0.3) is 0 Å². The first kappa shape index (κ1) is 13.9. The fourth-order valence-corrected chi connectivity index (χ4v) is 2.06. The van der Waals surface area contributed by atoms with Gasteiger partial charge in [0, 0.05) is 11.7 Å². The molecule has 0 spiro atoms. The van der Waals surface area contributed by atoms with E-state index in [9.17, 15) is 9.90 Å². The first-order valence-corrected chi connectivity index (χ1v) is 6.42. The summed E-state index contributed by atoms with van der Waals surface area (Å²) in [7, 11) is 0. The van der Waals surface area contributed by atoms with E-state index in [4.69, 9.17) is 5.11 Å². The van der Waals surface area contributed by atoms with Crippen molar-refractivity contribution < 1.29 is 15.0 Å². The lowest BCUT2D eigenvalue weighted by Gasteiger charge is -2.15. The van der Waals surface area contributed by atoms with Crippen LogP contribution in [0, 0.1) is 0 Å². The third-order valence-electron chi connectivity index (χ3n) is 3.00. The maximum atomic E-state index is 10.9. The molecule has 0 bridgehead atoms. The molecule has 0 aliphatic heterocycles. The molecule has 0 aliphatic carbocycles. The highest BCUT2D eigenvalue weighted by molar-refractivity contribution is 5.88.